The van der Waals surface area contributed by atoms with Crippen LogP contribution in [0.4, 0.5) is 5.69 Å². The number of benzene rings is 1. The maximum absolute atomic E-state index is 11.1. The molecule has 13 heavy (non-hydrogen) atoms. The predicted molar refractivity (Wildman–Crippen MR) is 44.9 cm³/mol. The van der Waals surface area contributed by atoms with Gasteiger partial charge in [0.1, 0.15) is 11.3 Å². The van der Waals surface area contributed by atoms with Crippen LogP contribution in [0.1, 0.15) is 10.4 Å². The molecule has 0 heterocycles. The molecule has 0 unspecified atom stereocenters. The number of phenols is 1. The van der Waals surface area contributed by atoms with Crippen LogP contribution in [-0.2, 0) is 9.78 Å². The molecule has 70 valence electrons. The van der Waals surface area contributed by atoms with Crippen molar-refractivity contribution in [3.63, 3.8) is 0 Å². The van der Waals surface area contributed by atoms with Crippen molar-refractivity contribution in [1.29, 1.82) is 0 Å². The van der Waals surface area contributed by atoms with E-state index in [1.807, 2.05) is 0 Å². The van der Waals surface area contributed by atoms with Gasteiger partial charge in [0.15, 0.2) is 0 Å². The molecule has 0 aliphatic carbocycles. The second-order valence-corrected chi connectivity index (χ2v) is 2.31. The van der Waals surface area contributed by atoms with Gasteiger partial charge in [0.25, 0.3) is 0 Å². The summed E-state index contributed by atoms with van der Waals surface area (Å²) < 4.78 is 0. The summed E-state index contributed by atoms with van der Waals surface area (Å²) in [5, 5.41) is 9.22. The number of anilines is 1. The van der Waals surface area contributed by atoms with Gasteiger partial charge >= 0.3 is 5.97 Å². The summed E-state index contributed by atoms with van der Waals surface area (Å²) in [6, 6.07) is 4.08. The molecule has 0 aromatic heterocycles. The van der Waals surface area contributed by atoms with Gasteiger partial charge in [0.2, 0.25) is 0 Å². The molecule has 0 fully saturated rings. The first-order chi connectivity index (χ1) is 6.15. The lowest BCUT2D eigenvalue weighted by Crippen LogP contribution is -2.04. The number of phenolic OH excluding ortho intramolecular Hbond substituents is 1. The fraction of sp³-hybridized carbons (Fsp3) is 0.125. The van der Waals surface area contributed by atoms with Crippen LogP contribution in [0.25, 0.3) is 0 Å². The smallest absolute Gasteiger partial charge is 0.376 e. The van der Waals surface area contributed by atoms with Crippen LogP contribution < -0.4 is 5.73 Å². The van der Waals surface area contributed by atoms with Gasteiger partial charge in [-0.3, -0.25) is 4.89 Å². The number of carbonyl (C=O) groups excluding carboxylic acids is 1. The minimum absolute atomic E-state index is 0.0261. The molecule has 3 N–H and O–H groups in total. The highest BCUT2D eigenvalue weighted by atomic mass is 17.2. The van der Waals surface area contributed by atoms with Crippen LogP contribution in [0, 0.1) is 0 Å². The number of aromatic hydroxyl groups is 1. The Bertz CT molecular complexity index is 324. The molecule has 1 aromatic carbocycles. The molecule has 0 saturated carbocycles. The van der Waals surface area contributed by atoms with Gasteiger partial charge < -0.3 is 10.8 Å². The monoisotopic (exact) mass is 183 g/mol. The molecule has 0 aliphatic rings. The van der Waals surface area contributed by atoms with Crippen LogP contribution in [0.5, 0.6) is 5.75 Å². The van der Waals surface area contributed by atoms with E-state index in [4.69, 9.17) is 5.73 Å². The van der Waals surface area contributed by atoms with Gasteiger partial charge in [-0.25, -0.2) is 4.79 Å². The van der Waals surface area contributed by atoms with Crippen LogP contribution in [0.15, 0.2) is 18.2 Å². The molecule has 1 aromatic rings. The van der Waals surface area contributed by atoms with E-state index in [0.717, 1.165) is 0 Å². The van der Waals surface area contributed by atoms with Gasteiger partial charge in [0.05, 0.1) is 7.11 Å². The molecule has 0 amide bonds. The standard InChI is InChI=1S/C8H9NO4/c1-12-13-8(11)6-4-5(9)2-3-7(6)10/h2-4,10H,9H2,1H3. The van der Waals surface area contributed by atoms with Gasteiger partial charge in [-0.15, -0.1) is 0 Å². The van der Waals surface area contributed by atoms with E-state index in [-0.39, 0.29) is 11.3 Å². The van der Waals surface area contributed by atoms with Crippen molar-refractivity contribution < 1.29 is 19.7 Å². The van der Waals surface area contributed by atoms with Crippen LogP contribution in [-0.4, -0.2) is 18.2 Å². The fourth-order valence-electron chi connectivity index (χ4n) is 0.838. The molecule has 1 rings (SSSR count). The van der Waals surface area contributed by atoms with Crippen molar-refractivity contribution in [3.05, 3.63) is 23.8 Å². The van der Waals surface area contributed by atoms with Crippen LogP contribution in [0.2, 0.25) is 0 Å². The number of rotatable bonds is 2. The average Bonchev–Trinajstić information content (AvgIpc) is 2.09. The molecular weight excluding hydrogens is 174 g/mol. The van der Waals surface area contributed by atoms with E-state index < -0.39 is 5.97 Å². The second-order valence-electron chi connectivity index (χ2n) is 2.31. The average molecular weight is 183 g/mol. The quantitative estimate of drug-likeness (QED) is 0.305. The number of hydrogen-bond acceptors (Lipinski definition) is 5. The Hall–Kier alpha value is -1.75. The minimum atomic E-state index is -0.785. The first-order valence-electron chi connectivity index (χ1n) is 3.48. The van der Waals surface area contributed by atoms with E-state index in [2.05, 4.69) is 9.78 Å². The minimum Gasteiger partial charge on any atom is -0.507 e. The van der Waals surface area contributed by atoms with Crippen molar-refractivity contribution in [2.24, 2.45) is 0 Å². The molecular formula is C8H9NO4. The van der Waals surface area contributed by atoms with E-state index in [1.165, 1.54) is 25.3 Å². The summed E-state index contributed by atoms with van der Waals surface area (Å²) in [6.45, 7) is 0. The van der Waals surface area contributed by atoms with E-state index >= 15 is 0 Å². The topological polar surface area (TPSA) is 81.8 Å². The van der Waals surface area contributed by atoms with Crippen LogP contribution >= 0.6 is 0 Å². The number of hydrogen-bond donors (Lipinski definition) is 2. The summed E-state index contributed by atoms with van der Waals surface area (Å²) in [4.78, 5) is 19.4. The highest BCUT2D eigenvalue weighted by molar-refractivity contribution is 5.93. The molecule has 5 nitrogen and oxygen atoms in total. The Kier molecular flexibility index (Phi) is 2.71. The van der Waals surface area contributed by atoms with Crippen molar-refractivity contribution in [2.75, 3.05) is 12.8 Å². The lowest BCUT2D eigenvalue weighted by Gasteiger charge is -2.02. The first-order valence-corrected chi connectivity index (χ1v) is 3.48. The second kappa shape index (κ2) is 3.77. The molecule has 0 bridgehead atoms. The highest BCUT2D eigenvalue weighted by Crippen LogP contribution is 2.20. The third-order valence-corrected chi connectivity index (χ3v) is 1.40. The predicted octanol–water partition coefficient (Wildman–Crippen LogP) is 0.693. The maximum atomic E-state index is 11.1. The third kappa shape index (κ3) is 2.09. The molecule has 0 radical (unpaired) electrons. The van der Waals surface area contributed by atoms with Crippen molar-refractivity contribution in [3.8, 4) is 5.75 Å². The molecule has 0 atom stereocenters. The lowest BCUT2D eigenvalue weighted by molar-refractivity contribution is -0.216. The van der Waals surface area contributed by atoms with Crippen molar-refractivity contribution in [1.82, 2.24) is 0 Å². The van der Waals surface area contributed by atoms with Crippen molar-refractivity contribution >= 4 is 11.7 Å². The molecule has 0 saturated heterocycles. The van der Waals surface area contributed by atoms with Gasteiger partial charge in [-0.1, -0.05) is 0 Å². The summed E-state index contributed by atoms with van der Waals surface area (Å²) in [5.41, 5.74) is 5.74. The van der Waals surface area contributed by atoms with Crippen molar-refractivity contribution in [2.45, 2.75) is 0 Å². The van der Waals surface area contributed by atoms with E-state index in [1.54, 1.807) is 0 Å². The Labute approximate surface area is 74.6 Å². The summed E-state index contributed by atoms with van der Waals surface area (Å²) >= 11 is 0. The van der Waals surface area contributed by atoms with Crippen LogP contribution in [0.3, 0.4) is 0 Å². The largest absolute Gasteiger partial charge is 0.507 e. The molecule has 0 spiro atoms. The SMILES string of the molecule is COOC(=O)c1cc(N)ccc1O. The first kappa shape index (κ1) is 9.34. The fourth-order valence-corrected chi connectivity index (χ4v) is 0.838. The van der Waals surface area contributed by atoms with Gasteiger partial charge in [0, 0.05) is 5.69 Å². The van der Waals surface area contributed by atoms with E-state index in [0.29, 0.717) is 5.69 Å². The highest BCUT2D eigenvalue weighted by Gasteiger charge is 2.13. The van der Waals surface area contributed by atoms with Gasteiger partial charge in [-0.05, 0) is 18.2 Å². The molecule has 0 aliphatic heterocycles. The Morgan fingerprint density at radius 3 is 2.85 bits per heavy atom. The zero-order chi connectivity index (χ0) is 9.84. The summed E-state index contributed by atoms with van der Waals surface area (Å²) in [6.07, 6.45) is 0. The Balaban J connectivity index is 2.99. The zero-order valence-corrected chi connectivity index (χ0v) is 6.98. The zero-order valence-electron chi connectivity index (χ0n) is 6.98. The Morgan fingerprint density at radius 1 is 1.54 bits per heavy atom. The normalized spacial score (nSPS) is 9.62. The number of carbonyl (C=O) groups is 1. The number of nitrogen functional groups attached to an aromatic ring is 1. The van der Waals surface area contributed by atoms with E-state index in [9.17, 15) is 9.90 Å². The molecule has 5 heteroatoms. The summed E-state index contributed by atoms with van der Waals surface area (Å²) in [5.74, 6) is -0.983. The third-order valence-electron chi connectivity index (χ3n) is 1.40. The van der Waals surface area contributed by atoms with Gasteiger partial charge in [-0.2, -0.15) is 4.89 Å². The number of nitrogens with two attached hydrogens (primary N) is 1. The maximum Gasteiger partial charge on any atom is 0.376 e. The Morgan fingerprint density at radius 2 is 2.23 bits per heavy atom. The lowest BCUT2D eigenvalue weighted by atomic mass is 10.2. The summed E-state index contributed by atoms with van der Waals surface area (Å²) in [7, 11) is 1.20.